The molecule has 4 heteroatoms. The molecule has 0 radical (unpaired) electrons. The van der Waals surface area contributed by atoms with Crippen molar-refractivity contribution in [2.45, 2.75) is 51.5 Å². The van der Waals surface area contributed by atoms with Gasteiger partial charge in [0.15, 0.2) is 0 Å². The maximum atomic E-state index is 12.9. The Hall–Kier alpha value is -2.88. The molecule has 1 heterocycles. The number of carbonyl (C=O) groups excluding carboxylic acids is 2. The zero-order valence-electron chi connectivity index (χ0n) is 17.1. The first kappa shape index (κ1) is 19.4. The van der Waals surface area contributed by atoms with Crippen LogP contribution in [-0.2, 0) is 9.53 Å². The molecule has 150 valence electrons. The molecule has 0 saturated heterocycles. The van der Waals surface area contributed by atoms with Crippen molar-refractivity contribution in [2.75, 3.05) is 6.61 Å². The number of hydrogen-bond acceptors (Lipinski definition) is 3. The first-order chi connectivity index (χ1) is 14.1. The molecule has 0 spiro atoms. The lowest BCUT2D eigenvalue weighted by molar-refractivity contribution is -0.124. The fourth-order valence-electron chi connectivity index (χ4n) is 4.54. The van der Waals surface area contributed by atoms with E-state index in [2.05, 4.69) is 31.2 Å². The number of amides is 2. The van der Waals surface area contributed by atoms with Crippen molar-refractivity contribution in [1.29, 1.82) is 0 Å². The van der Waals surface area contributed by atoms with E-state index in [0.29, 0.717) is 0 Å². The van der Waals surface area contributed by atoms with Gasteiger partial charge in [-0.1, -0.05) is 74.7 Å². The molecule has 0 saturated carbocycles. The minimum atomic E-state index is -0.536. The summed E-state index contributed by atoms with van der Waals surface area (Å²) in [4.78, 5) is 26.6. The van der Waals surface area contributed by atoms with Crippen molar-refractivity contribution in [1.82, 2.24) is 4.90 Å². The average molecular weight is 389 g/mol. The molecule has 1 aliphatic heterocycles. The van der Waals surface area contributed by atoms with E-state index in [1.165, 1.54) is 27.2 Å². The Kier molecular flexibility index (Phi) is 5.52. The Bertz CT molecular complexity index is 917. The number of unbranched alkanes of at least 4 members (excludes halogenated alkanes) is 2. The molecule has 0 aromatic heterocycles. The largest absolute Gasteiger partial charge is 0.448 e. The summed E-state index contributed by atoms with van der Waals surface area (Å²) < 4.78 is 5.71. The third-order valence-corrected chi connectivity index (χ3v) is 6.04. The van der Waals surface area contributed by atoms with Gasteiger partial charge in [-0.25, -0.2) is 9.69 Å². The Morgan fingerprint density at radius 2 is 1.62 bits per heavy atom. The number of ether oxygens (including phenoxy) is 1. The topological polar surface area (TPSA) is 46.6 Å². The molecule has 1 atom stereocenters. The van der Waals surface area contributed by atoms with Gasteiger partial charge in [0.2, 0.25) is 0 Å². The van der Waals surface area contributed by atoms with E-state index >= 15 is 0 Å². The van der Waals surface area contributed by atoms with Crippen LogP contribution < -0.4 is 0 Å². The van der Waals surface area contributed by atoms with E-state index < -0.39 is 6.09 Å². The van der Waals surface area contributed by atoms with Crippen LogP contribution in [0.2, 0.25) is 0 Å². The molecule has 29 heavy (non-hydrogen) atoms. The van der Waals surface area contributed by atoms with E-state index in [-0.39, 0.29) is 24.5 Å². The minimum absolute atomic E-state index is 0.00310. The van der Waals surface area contributed by atoms with Crippen LogP contribution in [0.25, 0.3) is 11.1 Å². The first-order valence-electron chi connectivity index (χ1n) is 10.5. The molecule has 1 aliphatic carbocycles. The van der Waals surface area contributed by atoms with Gasteiger partial charge < -0.3 is 4.74 Å². The standard InChI is InChI=1S/C25H27NO3/c1-3-4-5-14-23-17(2)15-24(27)26(23)25(28)29-16-22-20-12-8-6-10-18(20)19-11-7-9-13-21(19)22/h6-13,15,22-23H,3-5,14,16H2,1-2H3/t23-/m0/s1. The van der Waals surface area contributed by atoms with E-state index in [1.807, 2.05) is 31.2 Å². The third-order valence-electron chi connectivity index (χ3n) is 6.04. The smallest absolute Gasteiger partial charge is 0.417 e. The van der Waals surface area contributed by atoms with Crippen molar-refractivity contribution in [2.24, 2.45) is 0 Å². The maximum Gasteiger partial charge on any atom is 0.417 e. The minimum Gasteiger partial charge on any atom is -0.448 e. The van der Waals surface area contributed by atoms with Crippen molar-refractivity contribution < 1.29 is 14.3 Å². The van der Waals surface area contributed by atoms with Crippen molar-refractivity contribution in [3.8, 4) is 11.1 Å². The number of fused-ring (bicyclic) bond motifs is 3. The van der Waals surface area contributed by atoms with Gasteiger partial charge in [-0.2, -0.15) is 0 Å². The van der Waals surface area contributed by atoms with Gasteiger partial charge in [0.25, 0.3) is 5.91 Å². The van der Waals surface area contributed by atoms with Gasteiger partial charge >= 0.3 is 6.09 Å². The molecule has 4 rings (SSSR count). The van der Waals surface area contributed by atoms with E-state index in [1.54, 1.807) is 6.08 Å². The lowest BCUT2D eigenvalue weighted by atomic mass is 9.98. The van der Waals surface area contributed by atoms with Crippen LogP contribution >= 0.6 is 0 Å². The lowest BCUT2D eigenvalue weighted by Crippen LogP contribution is -2.41. The highest BCUT2D eigenvalue weighted by atomic mass is 16.6. The normalized spacial score (nSPS) is 17.9. The molecule has 0 bridgehead atoms. The van der Waals surface area contributed by atoms with Gasteiger partial charge in [-0.3, -0.25) is 4.79 Å². The van der Waals surface area contributed by atoms with Crippen LogP contribution in [0.5, 0.6) is 0 Å². The number of benzene rings is 2. The third kappa shape index (κ3) is 3.59. The van der Waals surface area contributed by atoms with Crippen LogP contribution in [0.15, 0.2) is 60.2 Å². The first-order valence-corrected chi connectivity index (χ1v) is 10.5. The Morgan fingerprint density at radius 3 is 2.24 bits per heavy atom. The quantitative estimate of drug-likeness (QED) is 0.598. The monoisotopic (exact) mass is 389 g/mol. The summed E-state index contributed by atoms with van der Waals surface area (Å²) in [6.45, 7) is 4.30. The molecular weight excluding hydrogens is 362 g/mol. The number of nitrogens with zero attached hydrogens (tertiary/aromatic N) is 1. The van der Waals surface area contributed by atoms with Crippen molar-refractivity contribution in [3.63, 3.8) is 0 Å². The summed E-state index contributed by atoms with van der Waals surface area (Å²) in [5.41, 5.74) is 5.67. The highest BCUT2D eigenvalue weighted by molar-refractivity contribution is 6.02. The SMILES string of the molecule is CCCCC[C@H]1C(C)=CC(=O)N1C(=O)OCC1c2ccccc2-c2ccccc21. The number of hydrogen-bond donors (Lipinski definition) is 0. The van der Waals surface area contributed by atoms with Crippen LogP contribution in [0.3, 0.4) is 0 Å². The molecule has 2 amide bonds. The molecular formula is C25H27NO3. The van der Waals surface area contributed by atoms with Gasteiger partial charge in [0, 0.05) is 12.0 Å². The summed E-state index contributed by atoms with van der Waals surface area (Å²) in [6.07, 6.45) is 5.02. The average Bonchev–Trinajstić information content (AvgIpc) is 3.20. The second-order valence-corrected chi connectivity index (χ2v) is 7.91. The van der Waals surface area contributed by atoms with Crippen LogP contribution in [0, 0.1) is 0 Å². The molecule has 2 aliphatic rings. The van der Waals surface area contributed by atoms with Gasteiger partial charge in [-0.05, 0) is 41.2 Å². The highest BCUT2D eigenvalue weighted by Gasteiger charge is 2.37. The number of imide groups is 1. The van der Waals surface area contributed by atoms with Crippen molar-refractivity contribution >= 4 is 12.0 Å². The molecule has 2 aromatic rings. The molecule has 0 N–H and O–H groups in total. The predicted molar refractivity (Wildman–Crippen MR) is 114 cm³/mol. The van der Waals surface area contributed by atoms with Crippen LogP contribution in [0.4, 0.5) is 4.79 Å². The van der Waals surface area contributed by atoms with Crippen LogP contribution in [-0.4, -0.2) is 29.5 Å². The highest BCUT2D eigenvalue weighted by Crippen LogP contribution is 2.44. The van der Waals surface area contributed by atoms with E-state index in [9.17, 15) is 9.59 Å². The van der Waals surface area contributed by atoms with E-state index in [4.69, 9.17) is 4.74 Å². The fraction of sp³-hybridized carbons (Fsp3) is 0.360. The maximum absolute atomic E-state index is 12.9. The lowest BCUT2D eigenvalue weighted by Gasteiger charge is -2.25. The van der Waals surface area contributed by atoms with Gasteiger partial charge in [-0.15, -0.1) is 0 Å². The zero-order valence-corrected chi connectivity index (χ0v) is 17.1. The number of carbonyl (C=O) groups is 2. The summed E-state index contributed by atoms with van der Waals surface area (Å²) >= 11 is 0. The second-order valence-electron chi connectivity index (χ2n) is 7.91. The fourth-order valence-corrected chi connectivity index (χ4v) is 4.54. The second kappa shape index (κ2) is 8.24. The predicted octanol–water partition coefficient (Wildman–Crippen LogP) is 5.67. The van der Waals surface area contributed by atoms with Crippen LogP contribution in [0.1, 0.15) is 56.6 Å². The molecule has 2 aromatic carbocycles. The Morgan fingerprint density at radius 1 is 1.00 bits per heavy atom. The summed E-state index contributed by atoms with van der Waals surface area (Å²) in [5, 5.41) is 0. The van der Waals surface area contributed by atoms with E-state index in [0.717, 1.165) is 31.3 Å². The molecule has 0 unspecified atom stereocenters. The Balaban J connectivity index is 1.49. The molecule has 4 nitrogen and oxygen atoms in total. The molecule has 0 fully saturated rings. The summed E-state index contributed by atoms with van der Waals surface area (Å²) in [7, 11) is 0. The summed E-state index contributed by atoms with van der Waals surface area (Å²) in [6, 6.07) is 16.3. The van der Waals surface area contributed by atoms with Crippen molar-refractivity contribution in [3.05, 3.63) is 71.3 Å². The Labute approximate surface area is 172 Å². The number of rotatable bonds is 6. The summed E-state index contributed by atoms with van der Waals surface area (Å²) in [5.74, 6) is -0.266. The zero-order chi connectivity index (χ0) is 20.4. The van der Waals surface area contributed by atoms with Gasteiger partial charge in [0.1, 0.15) is 6.61 Å². The van der Waals surface area contributed by atoms with Gasteiger partial charge in [0.05, 0.1) is 6.04 Å².